The van der Waals surface area contributed by atoms with Gasteiger partial charge in [-0.25, -0.2) is 5.43 Å². The molecule has 0 spiro atoms. The number of hydrogen-bond acceptors (Lipinski definition) is 4. The first-order chi connectivity index (χ1) is 9.36. The van der Waals surface area contributed by atoms with Gasteiger partial charge in [0.15, 0.2) is 0 Å². The molecule has 0 aromatic carbocycles. The standard InChI is InChI=1S/C15H23N3O/c1-19-14-11-17-10-9-13(14)15(18-16)12-7-5-3-2-4-6-8-12/h7,9-11,15,18H,2-6,8,16H2,1H3/b12-7+. The van der Waals surface area contributed by atoms with Crippen LogP contribution in [0, 0.1) is 0 Å². The number of nitrogens with one attached hydrogen (secondary N) is 1. The van der Waals surface area contributed by atoms with Gasteiger partial charge in [0.25, 0.3) is 0 Å². The molecule has 3 N–H and O–H groups in total. The van der Waals surface area contributed by atoms with Crippen molar-refractivity contribution in [2.24, 2.45) is 5.84 Å². The fraction of sp³-hybridized carbons (Fsp3) is 0.533. The number of hydrazine groups is 1. The Morgan fingerprint density at radius 2 is 2.16 bits per heavy atom. The molecular formula is C15H23N3O. The van der Waals surface area contributed by atoms with Crippen molar-refractivity contribution < 1.29 is 4.74 Å². The number of methoxy groups -OCH3 is 1. The van der Waals surface area contributed by atoms with Crippen molar-refractivity contribution >= 4 is 0 Å². The summed E-state index contributed by atoms with van der Waals surface area (Å²) < 4.78 is 5.39. The van der Waals surface area contributed by atoms with E-state index in [1.807, 2.05) is 6.07 Å². The van der Waals surface area contributed by atoms with E-state index >= 15 is 0 Å². The summed E-state index contributed by atoms with van der Waals surface area (Å²) in [5, 5.41) is 0. The van der Waals surface area contributed by atoms with Crippen LogP contribution >= 0.6 is 0 Å². The SMILES string of the molecule is COc1cnccc1C(NN)/C1=C/CCCCCC1. The second-order valence-electron chi connectivity index (χ2n) is 4.95. The van der Waals surface area contributed by atoms with Gasteiger partial charge in [0.1, 0.15) is 5.75 Å². The molecule has 0 fully saturated rings. The van der Waals surface area contributed by atoms with Crippen LogP contribution in [0.4, 0.5) is 0 Å². The van der Waals surface area contributed by atoms with Gasteiger partial charge < -0.3 is 4.74 Å². The zero-order valence-electron chi connectivity index (χ0n) is 11.6. The molecule has 0 aliphatic heterocycles. The number of nitrogens with two attached hydrogens (primary N) is 1. The Labute approximate surface area is 115 Å². The van der Waals surface area contributed by atoms with Gasteiger partial charge in [-0.3, -0.25) is 10.8 Å². The van der Waals surface area contributed by atoms with E-state index in [2.05, 4.69) is 16.5 Å². The van der Waals surface area contributed by atoms with Crippen LogP contribution in [0.2, 0.25) is 0 Å². The van der Waals surface area contributed by atoms with Crippen LogP contribution in [0.1, 0.15) is 50.1 Å². The Bertz CT molecular complexity index is 431. The minimum absolute atomic E-state index is 0.0241. The molecule has 1 aliphatic carbocycles. The van der Waals surface area contributed by atoms with Gasteiger partial charge in [0, 0.05) is 11.8 Å². The maximum absolute atomic E-state index is 5.78. The Balaban J connectivity index is 2.27. The van der Waals surface area contributed by atoms with E-state index in [-0.39, 0.29) is 6.04 Å². The number of hydrogen-bond donors (Lipinski definition) is 2. The van der Waals surface area contributed by atoms with E-state index in [1.165, 1.54) is 31.3 Å². The molecule has 19 heavy (non-hydrogen) atoms. The predicted molar refractivity (Wildman–Crippen MR) is 76.6 cm³/mol. The number of allylic oxidation sites excluding steroid dienone is 1. The Morgan fingerprint density at radius 3 is 2.95 bits per heavy atom. The molecule has 0 saturated heterocycles. The van der Waals surface area contributed by atoms with Crippen LogP contribution < -0.4 is 16.0 Å². The van der Waals surface area contributed by atoms with Crippen LogP contribution in [0.15, 0.2) is 30.1 Å². The average molecular weight is 261 g/mol. The van der Waals surface area contributed by atoms with Crippen molar-refractivity contribution in [1.29, 1.82) is 0 Å². The number of ether oxygens (including phenoxy) is 1. The van der Waals surface area contributed by atoms with Crippen LogP contribution in [0.5, 0.6) is 5.75 Å². The zero-order chi connectivity index (χ0) is 13.5. The topological polar surface area (TPSA) is 60.2 Å². The van der Waals surface area contributed by atoms with E-state index in [9.17, 15) is 0 Å². The third-order valence-corrected chi connectivity index (χ3v) is 3.71. The molecule has 1 aliphatic rings. The lowest BCUT2D eigenvalue weighted by atomic mass is 9.91. The van der Waals surface area contributed by atoms with Gasteiger partial charge in [-0.05, 0) is 31.7 Å². The normalized spacial score (nSPS) is 20.8. The van der Waals surface area contributed by atoms with E-state index in [0.717, 1.165) is 24.2 Å². The summed E-state index contributed by atoms with van der Waals surface area (Å²) in [7, 11) is 1.67. The molecule has 104 valence electrons. The van der Waals surface area contributed by atoms with E-state index in [0.29, 0.717) is 0 Å². The molecule has 4 heteroatoms. The van der Waals surface area contributed by atoms with Crippen LogP contribution in [0.25, 0.3) is 0 Å². The predicted octanol–water partition coefficient (Wildman–Crippen LogP) is 2.88. The van der Waals surface area contributed by atoms with E-state index in [4.69, 9.17) is 10.6 Å². The third kappa shape index (κ3) is 3.55. The van der Waals surface area contributed by atoms with Crippen molar-refractivity contribution in [3.8, 4) is 5.75 Å². The highest BCUT2D eigenvalue weighted by molar-refractivity contribution is 5.38. The number of nitrogens with zero attached hydrogens (tertiary/aromatic N) is 1. The summed E-state index contributed by atoms with van der Waals surface area (Å²) >= 11 is 0. The highest BCUT2D eigenvalue weighted by atomic mass is 16.5. The smallest absolute Gasteiger partial charge is 0.142 e. The molecule has 0 bridgehead atoms. The largest absolute Gasteiger partial charge is 0.495 e. The molecule has 1 unspecified atom stereocenters. The van der Waals surface area contributed by atoms with E-state index in [1.54, 1.807) is 19.5 Å². The minimum atomic E-state index is 0.0241. The lowest BCUT2D eigenvalue weighted by Crippen LogP contribution is -2.30. The number of pyridine rings is 1. The van der Waals surface area contributed by atoms with E-state index < -0.39 is 0 Å². The monoisotopic (exact) mass is 261 g/mol. The van der Waals surface area contributed by atoms with Crippen LogP contribution in [-0.2, 0) is 0 Å². The average Bonchev–Trinajstić information content (AvgIpc) is 2.42. The first-order valence-electron chi connectivity index (χ1n) is 6.99. The third-order valence-electron chi connectivity index (χ3n) is 3.71. The second kappa shape index (κ2) is 7.26. The number of aromatic nitrogens is 1. The molecule has 1 aromatic rings. The maximum atomic E-state index is 5.78. The van der Waals surface area contributed by atoms with Gasteiger partial charge in [-0.15, -0.1) is 0 Å². The number of rotatable bonds is 4. The fourth-order valence-electron chi connectivity index (χ4n) is 2.68. The van der Waals surface area contributed by atoms with Crippen molar-refractivity contribution in [1.82, 2.24) is 10.4 Å². The molecular weight excluding hydrogens is 238 g/mol. The van der Waals surface area contributed by atoms with Crippen LogP contribution in [-0.4, -0.2) is 12.1 Å². The van der Waals surface area contributed by atoms with Gasteiger partial charge in [0.05, 0.1) is 19.3 Å². The summed E-state index contributed by atoms with van der Waals surface area (Å²) in [6.45, 7) is 0. The highest BCUT2D eigenvalue weighted by Gasteiger charge is 2.19. The summed E-state index contributed by atoms with van der Waals surface area (Å²) in [6, 6.07) is 2.00. The van der Waals surface area contributed by atoms with Crippen LogP contribution in [0.3, 0.4) is 0 Å². The Hall–Kier alpha value is -1.39. The Morgan fingerprint density at radius 1 is 1.32 bits per heavy atom. The molecule has 0 radical (unpaired) electrons. The second-order valence-corrected chi connectivity index (χ2v) is 4.95. The summed E-state index contributed by atoms with van der Waals surface area (Å²) in [5.41, 5.74) is 5.36. The van der Waals surface area contributed by atoms with Gasteiger partial charge in [-0.2, -0.15) is 0 Å². The first kappa shape index (κ1) is 14.0. The van der Waals surface area contributed by atoms with Gasteiger partial charge in [-0.1, -0.05) is 24.5 Å². The molecule has 0 saturated carbocycles. The van der Waals surface area contributed by atoms with Crippen molar-refractivity contribution in [2.75, 3.05) is 7.11 Å². The highest BCUT2D eigenvalue weighted by Crippen LogP contribution is 2.32. The Kier molecular flexibility index (Phi) is 5.36. The molecule has 2 rings (SSSR count). The lowest BCUT2D eigenvalue weighted by molar-refractivity contribution is 0.400. The van der Waals surface area contributed by atoms with Gasteiger partial charge in [0.2, 0.25) is 0 Å². The molecule has 0 amide bonds. The fourth-order valence-corrected chi connectivity index (χ4v) is 2.68. The lowest BCUT2D eigenvalue weighted by Gasteiger charge is -2.23. The minimum Gasteiger partial charge on any atom is -0.495 e. The zero-order valence-corrected chi connectivity index (χ0v) is 11.6. The summed E-state index contributed by atoms with van der Waals surface area (Å²) in [5.74, 6) is 6.57. The molecule has 1 heterocycles. The van der Waals surface area contributed by atoms with Crippen molar-refractivity contribution in [3.05, 3.63) is 35.7 Å². The van der Waals surface area contributed by atoms with Crippen molar-refractivity contribution in [3.63, 3.8) is 0 Å². The van der Waals surface area contributed by atoms with Crippen molar-refractivity contribution in [2.45, 2.75) is 44.6 Å². The molecule has 4 nitrogen and oxygen atoms in total. The first-order valence-corrected chi connectivity index (χ1v) is 6.99. The molecule has 1 atom stereocenters. The molecule has 1 aromatic heterocycles. The quantitative estimate of drug-likeness (QED) is 0.497. The summed E-state index contributed by atoms with van der Waals surface area (Å²) in [4.78, 5) is 4.10. The van der Waals surface area contributed by atoms with Gasteiger partial charge >= 0.3 is 0 Å². The maximum Gasteiger partial charge on any atom is 0.142 e. The summed E-state index contributed by atoms with van der Waals surface area (Å²) in [6.07, 6.45) is 13.2.